The summed E-state index contributed by atoms with van der Waals surface area (Å²) in [6.07, 6.45) is 5.14. The molecule has 0 spiro atoms. The van der Waals surface area contributed by atoms with Gasteiger partial charge in [0.05, 0.1) is 6.54 Å². The van der Waals surface area contributed by atoms with Gasteiger partial charge in [-0.25, -0.2) is 0 Å². The molecule has 0 bridgehead atoms. The first-order valence-electron chi connectivity index (χ1n) is 7.58. The van der Waals surface area contributed by atoms with Crippen molar-refractivity contribution < 1.29 is 0 Å². The predicted molar refractivity (Wildman–Crippen MR) is 94.6 cm³/mol. The molecule has 1 atom stereocenters. The first-order valence-corrected chi connectivity index (χ1v) is 7.58. The van der Waals surface area contributed by atoms with Crippen molar-refractivity contribution in [2.45, 2.75) is 52.5 Å². The van der Waals surface area contributed by atoms with E-state index in [4.69, 9.17) is 4.99 Å². The van der Waals surface area contributed by atoms with Crippen molar-refractivity contribution in [2.75, 3.05) is 32.7 Å². The van der Waals surface area contributed by atoms with Crippen molar-refractivity contribution in [3.63, 3.8) is 0 Å². The van der Waals surface area contributed by atoms with Gasteiger partial charge in [-0.3, -0.25) is 9.89 Å². The van der Waals surface area contributed by atoms with E-state index in [1.807, 2.05) is 0 Å². The van der Waals surface area contributed by atoms with Crippen LogP contribution in [0.2, 0.25) is 0 Å². The summed E-state index contributed by atoms with van der Waals surface area (Å²) in [5.74, 6) is 0.973. The summed E-state index contributed by atoms with van der Waals surface area (Å²) < 4.78 is 0. The standard InChI is InChI=1S/C14H30N4.HI/c1-4-10-16-14(15-5-2)17-12-13-9-7-8-11-18(13)6-3;/h13H,4-12H2,1-3H3,(H2,15,16,17);1H. The zero-order chi connectivity index (χ0) is 13.2. The molecule has 1 heterocycles. The summed E-state index contributed by atoms with van der Waals surface area (Å²) in [5.41, 5.74) is 0. The zero-order valence-corrected chi connectivity index (χ0v) is 15.1. The number of piperidine rings is 1. The van der Waals surface area contributed by atoms with Gasteiger partial charge in [0.1, 0.15) is 0 Å². The fourth-order valence-electron chi connectivity index (χ4n) is 2.46. The Kier molecular flexibility index (Phi) is 11.7. The van der Waals surface area contributed by atoms with Crippen LogP contribution < -0.4 is 10.6 Å². The highest BCUT2D eigenvalue weighted by atomic mass is 127. The highest BCUT2D eigenvalue weighted by molar-refractivity contribution is 14.0. The summed E-state index contributed by atoms with van der Waals surface area (Å²) in [4.78, 5) is 7.29. The Morgan fingerprint density at radius 1 is 1.21 bits per heavy atom. The lowest BCUT2D eigenvalue weighted by atomic mass is 10.0. The molecule has 4 nitrogen and oxygen atoms in total. The fourth-order valence-corrected chi connectivity index (χ4v) is 2.46. The molecule has 1 fully saturated rings. The lowest BCUT2D eigenvalue weighted by Crippen LogP contribution is -2.43. The second kappa shape index (κ2) is 11.8. The van der Waals surface area contributed by atoms with E-state index in [-0.39, 0.29) is 24.0 Å². The highest BCUT2D eigenvalue weighted by Crippen LogP contribution is 2.16. The first-order chi connectivity index (χ1) is 8.81. The summed E-state index contributed by atoms with van der Waals surface area (Å²) in [7, 11) is 0. The van der Waals surface area contributed by atoms with Crippen LogP contribution in [0, 0.1) is 0 Å². The van der Waals surface area contributed by atoms with Gasteiger partial charge < -0.3 is 10.6 Å². The van der Waals surface area contributed by atoms with Crippen molar-refractivity contribution in [2.24, 2.45) is 4.99 Å². The van der Waals surface area contributed by atoms with E-state index < -0.39 is 0 Å². The molecule has 0 radical (unpaired) electrons. The maximum absolute atomic E-state index is 4.73. The van der Waals surface area contributed by atoms with Crippen molar-refractivity contribution in [1.82, 2.24) is 15.5 Å². The van der Waals surface area contributed by atoms with Gasteiger partial charge in [0, 0.05) is 19.1 Å². The summed E-state index contributed by atoms with van der Waals surface area (Å²) in [5, 5.41) is 6.67. The minimum atomic E-state index is 0. The second-order valence-corrected chi connectivity index (χ2v) is 4.92. The third-order valence-corrected chi connectivity index (χ3v) is 3.50. The molecule has 1 rings (SSSR count). The van der Waals surface area contributed by atoms with Gasteiger partial charge >= 0.3 is 0 Å². The number of nitrogens with one attached hydrogen (secondary N) is 2. The van der Waals surface area contributed by atoms with Gasteiger partial charge in [0.25, 0.3) is 0 Å². The Hall–Kier alpha value is -0.0400. The van der Waals surface area contributed by atoms with Crippen molar-refractivity contribution in [3.8, 4) is 0 Å². The molecule has 1 saturated heterocycles. The summed E-state index contributed by atoms with van der Waals surface area (Å²) in [6.45, 7) is 11.8. The van der Waals surface area contributed by atoms with E-state index in [0.29, 0.717) is 6.04 Å². The summed E-state index contributed by atoms with van der Waals surface area (Å²) in [6, 6.07) is 0.640. The molecular formula is C14H31IN4. The van der Waals surface area contributed by atoms with Crippen LogP contribution in [0.1, 0.15) is 46.5 Å². The third kappa shape index (κ3) is 7.34. The number of hydrogen-bond acceptors (Lipinski definition) is 2. The number of guanidine groups is 1. The quantitative estimate of drug-likeness (QED) is 0.421. The normalized spacial score (nSPS) is 20.8. The van der Waals surface area contributed by atoms with E-state index in [1.165, 1.54) is 25.8 Å². The number of halogens is 1. The van der Waals surface area contributed by atoms with Crippen LogP contribution in [-0.4, -0.2) is 49.6 Å². The molecule has 1 aliphatic rings. The molecule has 1 unspecified atom stereocenters. The first kappa shape index (κ1) is 19.0. The zero-order valence-electron chi connectivity index (χ0n) is 12.7. The number of likely N-dealkylation sites (tertiary alicyclic amines) is 1. The van der Waals surface area contributed by atoms with Crippen LogP contribution in [-0.2, 0) is 0 Å². The van der Waals surface area contributed by atoms with E-state index >= 15 is 0 Å². The van der Waals surface area contributed by atoms with Crippen LogP contribution in [0.5, 0.6) is 0 Å². The molecule has 2 N–H and O–H groups in total. The van der Waals surface area contributed by atoms with E-state index in [9.17, 15) is 0 Å². The van der Waals surface area contributed by atoms with Crippen LogP contribution in [0.15, 0.2) is 4.99 Å². The van der Waals surface area contributed by atoms with Gasteiger partial charge in [0.2, 0.25) is 0 Å². The molecule has 0 aromatic carbocycles. The average Bonchev–Trinajstić information content (AvgIpc) is 2.42. The van der Waals surface area contributed by atoms with Gasteiger partial charge in [-0.1, -0.05) is 20.3 Å². The molecule has 0 saturated carbocycles. The molecule has 114 valence electrons. The second-order valence-electron chi connectivity index (χ2n) is 4.92. The maximum Gasteiger partial charge on any atom is 0.191 e. The van der Waals surface area contributed by atoms with Crippen LogP contribution in [0.25, 0.3) is 0 Å². The molecule has 0 amide bonds. The Bertz CT molecular complexity index is 246. The fraction of sp³-hybridized carbons (Fsp3) is 0.929. The van der Waals surface area contributed by atoms with Gasteiger partial charge in [-0.05, 0) is 39.3 Å². The Labute approximate surface area is 135 Å². The highest BCUT2D eigenvalue weighted by Gasteiger charge is 2.20. The van der Waals surface area contributed by atoms with Gasteiger partial charge in [-0.15, -0.1) is 24.0 Å². The number of nitrogens with zero attached hydrogens (tertiary/aromatic N) is 2. The van der Waals surface area contributed by atoms with E-state index in [2.05, 4.69) is 36.3 Å². The largest absolute Gasteiger partial charge is 0.357 e. The number of aliphatic imine (C=N–C) groups is 1. The smallest absolute Gasteiger partial charge is 0.191 e. The SMILES string of the molecule is CCCNC(=NCC1CCCCN1CC)NCC.I. The number of likely N-dealkylation sites (N-methyl/N-ethyl adjacent to an activating group) is 1. The Balaban J connectivity index is 0.00000324. The lowest BCUT2D eigenvalue weighted by molar-refractivity contribution is 0.161. The molecule has 0 aliphatic carbocycles. The van der Waals surface area contributed by atoms with E-state index in [1.54, 1.807) is 0 Å². The van der Waals surface area contributed by atoms with Crippen molar-refractivity contribution >= 4 is 29.9 Å². The van der Waals surface area contributed by atoms with Gasteiger partial charge in [-0.2, -0.15) is 0 Å². The molecule has 0 aromatic heterocycles. The monoisotopic (exact) mass is 382 g/mol. The third-order valence-electron chi connectivity index (χ3n) is 3.50. The lowest BCUT2D eigenvalue weighted by Gasteiger charge is -2.33. The molecule has 19 heavy (non-hydrogen) atoms. The molecular weight excluding hydrogens is 351 g/mol. The van der Waals surface area contributed by atoms with Crippen LogP contribution in [0.4, 0.5) is 0 Å². The molecule has 5 heteroatoms. The minimum Gasteiger partial charge on any atom is -0.357 e. The minimum absolute atomic E-state index is 0. The summed E-state index contributed by atoms with van der Waals surface area (Å²) >= 11 is 0. The Morgan fingerprint density at radius 2 is 2.00 bits per heavy atom. The van der Waals surface area contributed by atoms with Crippen LogP contribution in [0.3, 0.4) is 0 Å². The van der Waals surface area contributed by atoms with Crippen molar-refractivity contribution in [1.29, 1.82) is 0 Å². The van der Waals surface area contributed by atoms with Crippen LogP contribution >= 0.6 is 24.0 Å². The molecule has 0 aromatic rings. The number of hydrogen-bond donors (Lipinski definition) is 2. The Morgan fingerprint density at radius 3 is 2.63 bits per heavy atom. The topological polar surface area (TPSA) is 39.7 Å². The predicted octanol–water partition coefficient (Wildman–Crippen LogP) is 2.44. The average molecular weight is 382 g/mol. The van der Waals surface area contributed by atoms with Gasteiger partial charge in [0.15, 0.2) is 5.96 Å². The van der Waals surface area contributed by atoms with E-state index in [0.717, 1.165) is 38.6 Å². The van der Waals surface area contributed by atoms with Crippen molar-refractivity contribution in [3.05, 3.63) is 0 Å². The number of rotatable bonds is 6. The molecule has 1 aliphatic heterocycles. The maximum atomic E-state index is 4.73.